The van der Waals surface area contributed by atoms with Gasteiger partial charge in [0.25, 0.3) is 0 Å². The fourth-order valence-corrected chi connectivity index (χ4v) is 4.70. The molecule has 1 aromatic heterocycles. The Hall–Kier alpha value is -2.34. The molecule has 6 nitrogen and oxygen atoms in total. The van der Waals surface area contributed by atoms with E-state index in [1.54, 1.807) is 6.20 Å². The quantitative estimate of drug-likeness (QED) is 0.739. The van der Waals surface area contributed by atoms with Crippen molar-refractivity contribution in [3.05, 3.63) is 48.5 Å². The van der Waals surface area contributed by atoms with E-state index < -0.39 is 0 Å². The first-order chi connectivity index (χ1) is 13.6. The van der Waals surface area contributed by atoms with Crippen LogP contribution in [0.4, 0.5) is 0 Å². The SMILES string of the molecule is CN1C[C@@H]2C[C@H](N(C)Cc3ccccc3OCCn3ccnc3)C[C@@H]2CC1=O. The summed E-state index contributed by atoms with van der Waals surface area (Å²) in [7, 11) is 4.14. The minimum Gasteiger partial charge on any atom is -0.491 e. The number of carbonyl (C=O) groups is 1. The highest BCUT2D eigenvalue weighted by molar-refractivity contribution is 5.77. The normalized spacial score (nSPS) is 24.6. The number of amides is 1. The lowest BCUT2D eigenvalue weighted by atomic mass is 9.88. The van der Waals surface area contributed by atoms with E-state index in [9.17, 15) is 4.79 Å². The van der Waals surface area contributed by atoms with Crippen LogP contribution >= 0.6 is 0 Å². The van der Waals surface area contributed by atoms with Crippen molar-refractivity contribution in [3.8, 4) is 5.75 Å². The predicted octanol–water partition coefficient (Wildman–Crippen LogP) is 2.65. The van der Waals surface area contributed by atoms with Crippen molar-refractivity contribution in [3.63, 3.8) is 0 Å². The molecule has 0 radical (unpaired) electrons. The maximum Gasteiger partial charge on any atom is 0.222 e. The smallest absolute Gasteiger partial charge is 0.222 e. The molecule has 3 atom stereocenters. The van der Waals surface area contributed by atoms with E-state index in [0.717, 1.165) is 38.2 Å². The molecule has 0 N–H and O–H groups in total. The molecule has 0 unspecified atom stereocenters. The van der Waals surface area contributed by atoms with Gasteiger partial charge in [-0.05, 0) is 37.8 Å². The number of nitrogens with zero attached hydrogens (tertiary/aromatic N) is 4. The number of aromatic nitrogens is 2. The van der Waals surface area contributed by atoms with Gasteiger partial charge in [0, 0.05) is 50.6 Å². The van der Waals surface area contributed by atoms with Gasteiger partial charge in [-0.2, -0.15) is 0 Å². The number of imidazole rings is 1. The van der Waals surface area contributed by atoms with Crippen LogP contribution in [0.1, 0.15) is 24.8 Å². The molecule has 2 aliphatic rings. The van der Waals surface area contributed by atoms with Gasteiger partial charge in [0.05, 0.1) is 12.9 Å². The van der Waals surface area contributed by atoms with Gasteiger partial charge in [-0.25, -0.2) is 4.98 Å². The van der Waals surface area contributed by atoms with Gasteiger partial charge in [0.1, 0.15) is 12.4 Å². The molecule has 1 saturated carbocycles. The Bertz CT molecular complexity index is 792. The molecule has 1 aliphatic heterocycles. The molecule has 2 aromatic rings. The summed E-state index contributed by atoms with van der Waals surface area (Å²) in [6.45, 7) is 3.20. The Labute approximate surface area is 167 Å². The van der Waals surface area contributed by atoms with Crippen molar-refractivity contribution >= 4 is 5.91 Å². The number of hydrogen-bond donors (Lipinski definition) is 0. The summed E-state index contributed by atoms with van der Waals surface area (Å²) in [5.41, 5.74) is 1.22. The fraction of sp³-hybridized carbons (Fsp3) is 0.545. The Kier molecular flexibility index (Phi) is 5.67. The number of ether oxygens (including phenoxy) is 1. The first-order valence-electron chi connectivity index (χ1n) is 10.2. The molecule has 6 heteroatoms. The van der Waals surface area contributed by atoms with Crippen molar-refractivity contribution in [2.45, 2.75) is 38.4 Å². The van der Waals surface area contributed by atoms with Crippen LogP contribution in [0.25, 0.3) is 0 Å². The molecule has 1 aliphatic carbocycles. The van der Waals surface area contributed by atoms with E-state index in [-0.39, 0.29) is 0 Å². The maximum atomic E-state index is 12.0. The molecular formula is C22H30N4O2. The second-order valence-corrected chi connectivity index (χ2v) is 8.30. The maximum absolute atomic E-state index is 12.0. The highest BCUT2D eigenvalue weighted by atomic mass is 16.5. The summed E-state index contributed by atoms with van der Waals surface area (Å²) in [5.74, 6) is 2.47. The molecule has 0 spiro atoms. The highest BCUT2D eigenvalue weighted by Crippen LogP contribution is 2.40. The Morgan fingerprint density at radius 1 is 1.25 bits per heavy atom. The number of para-hydroxylation sites is 1. The zero-order valence-electron chi connectivity index (χ0n) is 16.8. The highest BCUT2D eigenvalue weighted by Gasteiger charge is 2.41. The van der Waals surface area contributed by atoms with Gasteiger partial charge in [0.2, 0.25) is 5.91 Å². The summed E-state index contributed by atoms with van der Waals surface area (Å²) in [6, 6.07) is 8.85. The number of hydrogen-bond acceptors (Lipinski definition) is 4. The molecule has 150 valence electrons. The largest absolute Gasteiger partial charge is 0.491 e. The number of piperidine rings is 1. The number of carbonyl (C=O) groups excluding carboxylic acids is 1. The summed E-state index contributed by atoms with van der Waals surface area (Å²) >= 11 is 0. The van der Waals surface area contributed by atoms with Gasteiger partial charge in [-0.3, -0.25) is 9.69 Å². The Morgan fingerprint density at radius 2 is 2.07 bits per heavy atom. The zero-order chi connectivity index (χ0) is 19.5. The molecule has 2 fully saturated rings. The Balaban J connectivity index is 1.34. The minimum atomic E-state index is 0.307. The van der Waals surface area contributed by atoms with Crippen molar-refractivity contribution in [2.75, 3.05) is 27.2 Å². The van der Waals surface area contributed by atoms with Gasteiger partial charge in [0.15, 0.2) is 0 Å². The third-order valence-corrected chi connectivity index (χ3v) is 6.37. The number of likely N-dealkylation sites (tertiary alicyclic amines) is 1. The second kappa shape index (κ2) is 8.35. The van der Waals surface area contributed by atoms with Crippen LogP contribution in [-0.4, -0.2) is 58.5 Å². The summed E-state index contributed by atoms with van der Waals surface area (Å²) < 4.78 is 8.09. The summed E-state index contributed by atoms with van der Waals surface area (Å²) in [6.07, 6.45) is 8.58. The van der Waals surface area contributed by atoms with Gasteiger partial charge >= 0.3 is 0 Å². The third kappa shape index (κ3) is 4.22. The van der Waals surface area contributed by atoms with Crippen molar-refractivity contribution < 1.29 is 9.53 Å². The van der Waals surface area contributed by atoms with Crippen LogP contribution in [0.2, 0.25) is 0 Å². The van der Waals surface area contributed by atoms with Crippen LogP contribution in [0.5, 0.6) is 5.75 Å². The number of fused-ring (bicyclic) bond motifs is 1. The van der Waals surface area contributed by atoms with E-state index >= 15 is 0 Å². The van der Waals surface area contributed by atoms with Crippen LogP contribution in [0.3, 0.4) is 0 Å². The average molecular weight is 383 g/mol. The molecule has 1 amide bonds. The van der Waals surface area contributed by atoms with Crippen LogP contribution in [0.15, 0.2) is 43.0 Å². The molecule has 28 heavy (non-hydrogen) atoms. The van der Waals surface area contributed by atoms with Gasteiger partial charge in [-0.1, -0.05) is 18.2 Å². The molecule has 1 aromatic carbocycles. The van der Waals surface area contributed by atoms with E-state index in [1.165, 1.54) is 12.0 Å². The van der Waals surface area contributed by atoms with Crippen LogP contribution < -0.4 is 4.74 Å². The van der Waals surface area contributed by atoms with Crippen molar-refractivity contribution in [1.82, 2.24) is 19.4 Å². The lowest BCUT2D eigenvalue weighted by molar-refractivity contribution is -0.134. The first kappa shape index (κ1) is 19.0. The van der Waals surface area contributed by atoms with E-state index in [4.69, 9.17) is 4.74 Å². The molecular weight excluding hydrogens is 352 g/mol. The minimum absolute atomic E-state index is 0.307. The molecule has 1 saturated heterocycles. The fourth-order valence-electron chi connectivity index (χ4n) is 4.70. The van der Waals surface area contributed by atoms with Crippen LogP contribution in [-0.2, 0) is 17.9 Å². The van der Waals surface area contributed by atoms with Crippen molar-refractivity contribution in [2.24, 2.45) is 11.8 Å². The average Bonchev–Trinajstić information content (AvgIpc) is 3.33. The van der Waals surface area contributed by atoms with Gasteiger partial charge < -0.3 is 14.2 Å². The molecule has 0 bridgehead atoms. The second-order valence-electron chi connectivity index (χ2n) is 8.30. The van der Waals surface area contributed by atoms with Crippen molar-refractivity contribution in [1.29, 1.82) is 0 Å². The summed E-state index contributed by atoms with van der Waals surface area (Å²) in [4.78, 5) is 20.4. The predicted molar refractivity (Wildman–Crippen MR) is 108 cm³/mol. The number of rotatable bonds is 7. The monoisotopic (exact) mass is 382 g/mol. The topological polar surface area (TPSA) is 50.6 Å². The molecule has 2 heterocycles. The van der Waals surface area contributed by atoms with E-state index in [2.05, 4.69) is 35.1 Å². The third-order valence-electron chi connectivity index (χ3n) is 6.37. The Morgan fingerprint density at radius 3 is 2.89 bits per heavy atom. The van der Waals surface area contributed by atoms with Crippen LogP contribution in [0, 0.1) is 11.8 Å². The van der Waals surface area contributed by atoms with E-state index in [0.29, 0.717) is 30.4 Å². The zero-order valence-corrected chi connectivity index (χ0v) is 16.8. The standard InChI is InChI=1S/C22H30N4O2/c1-24(20-11-18-13-22(27)25(2)15-19(18)12-20)14-17-5-3-4-6-21(17)28-10-9-26-8-7-23-16-26/h3-8,16,18-20H,9-15H2,1-2H3/t18-,19+,20-/m1/s1. The first-order valence-corrected chi connectivity index (χ1v) is 10.2. The van der Waals surface area contributed by atoms with E-state index in [1.807, 2.05) is 35.1 Å². The lowest BCUT2D eigenvalue weighted by Crippen LogP contribution is -2.39. The summed E-state index contributed by atoms with van der Waals surface area (Å²) in [5, 5.41) is 0. The number of benzene rings is 1. The molecule has 4 rings (SSSR count). The van der Waals surface area contributed by atoms with Gasteiger partial charge in [-0.15, -0.1) is 0 Å². The lowest BCUT2D eigenvalue weighted by Gasteiger charge is -2.31.